The fourth-order valence-corrected chi connectivity index (χ4v) is 1.70. The quantitative estimate of drug-likeness (QED) is 0.789. The monoisotopic (exact) mass is 270 g/mol. The lowest BCUT2D eigenvalue weighted by molar-refractivity contribution is -0.116. The smallest absolute Gasteiger partial charge is 0.241 e. The van der Waals surface area contributed by atoms with Crippen LogP contribution in [0.5, 0.6) is 0 Å². The van der Waals surface area contributed by atoms with Crippen molar-refractivity contribution in [1.82, 2.24) is 0 Å². The van der Waals surface area contributed by atoms with Crippen LogP contribution in [0.2, 0.25) is 5.02 Å². The number of anilines is 1. The Morgan fingerprint density at radius 2 is 2.24 bits per heavy atom. The molecular weight excluding hydrogens is 259 g/mol. The van der Waals surface area contributed by atoms with Crippen molar-refractivity contribution in [3.63, 3.8) is 0 Å². The van der Waals surface area contributed by atoms with Crippen molar-refractivity contribution in [3.05, 3.63) is 28.8 Å². The second-order valence-electron chi connectivity index (χ2n) is 3.52. The number of rotatable bonds is 4. The summed E-state index contributed by atoms with van der Waals surface area (Å²) in [6, 6.07) is 7.34. The fraction of sp³-hybridized carbons (Fsp3) is 0.333. The zero-order chi connectivity index (χ0) is 12.8. The van der Waals surface area contributed by atoms with Crippen molar-refractivity contribution in [2.75, 3.05) is 17.3 Å². The van der Waals surface area contributed by atoms with Gasteiger partial charge in [0.05, 0.1) is 12.5 Å². The van der Waals surface area contributed by atoms with Gasteiger partial charge in [-0.15, -0.1) is 11.6 Å². The van der Waals surface area contributed by atoms with Gasteiger partial charge in [-0.25, -0.2) is 0 Å². The number of carbonyl (C=O) groups is 1. The molecule has 0 N–H and O–H groups in total. The predicted molar refractivity (Wildman–Crippen MR) is 69.5 cm³/mol. The number of halogens is 2. The van der Waals surface area contributed by atoms with E-state index >= 15 is 0 Å². The molecule has 3 nitrogen and oxygen atoms in total. The van der Waals surface area contributed by atoms with Gasteiger partial charge in [0.1, 0.15) is 5.88 Å². The van der Waals surface area contributed by atoms with Gasteiger partial charge in [-0.1, -0.05) is 17.7 Å². The highest BCUT2D eigenvalue weighted by Gasteiger charge is 2.14. The molecule has 0 spiro atoms. The molecule has 0 radical (unpaired) electrons. The number of aryl methyl sites for hydroxylation is 1. The van der Waals surface area contributed by atoms with Crippen LogP contribution in [-0.2, 0) is 4.79 Å². The Labute approximate surface area is 111 Å². The zero-order valence-corrected chi connectivity index (χ0v) is 10.9. The average molecular weight is 271 g/mol. The van der Waals surface area contributed by atoms with Crippen LogP contribution in [0.3, 0.4) is 0 Å². The lowest BCUT2D eigenvalue weighted by Gasteiger charge is -2.21. The van der Waals surface area contributed by atoms with E-state index in [1.165, 1.54) is 4.90 Å². The molecule has 0 aliphatic heterocycles. The summed E-state index contributed by atoms with van der Waals surface area (Å²) in [4.78, 5) is 13.1. The molecule has 5 heteroatoms. The summed E-state index contributed by atoms with van der Waals surface area (Å²) in [6.45, 7) is 2.20. The van der Waals surface area contributed by atoms with E-state index in [0.29, 0.717) is 17.3 Å². The van der Waals surface area contributed by atoms with Crippen molar-refractivity contribution in [1.29, 1.82) is 5.26 Å². The van der Waals surface area contributed by atoms with Crippen LogP contribution >= 0.6 is 23.2 Å². The molecule has 17 heavy (non-hydrogen) atoms. The highest BCUT2D eigenvalue weighted by Crippen LogP contribution is 2.23. The summed E-state index contributed by atoms with van der Waals surface area (Å²) in [5.41, 5.74) is 1.61. The number of hydrogen-bond donors (Lipinski definition) is 0. The zero-order valence-electron chi connectivity index (χ0n) is 9.41. The van der Waals surface area contributed by atoms with Crippen molar-refractivity contribution in [2.24, 2.45) is 0 Å². The first-order valence-corrected chi connectivity index (χ1v) is 6.01. The van der Waals surface area contributed by atoms with Gasteiger partial charge in [0.15, 0.2) is 0 Å². The summed E-state index contributed by atoms with van der Waals surface area (Å²) in [5, 5.41) is 9.16. The number of alkyl halides is 1. The van der Waals surface area contributed by atoms with E-state index in [4.69, 9.17) is 28.5 Å². The SMILES string of the molecule is Cc1ccc(N(CCC#N)C(=O)CCl)cc1Cl. The minimum atomic E-state index is -0.234. The van der Waals surface area contributed by atoms with E-state index in [-0.39, 0.29) is 18.2 Å². The van der Waals surface area contributed by atoms with Crippen LogP contribution < -0.4 is 4.90 Å². The molecule has 0 aromatic heterocycles. The molecule has 0 saturated carbocycles. The molecule has 0 heterocycles. The maximum absolute atomic E-state index is 11.7. The number of nitriles is 1. The molecule has 1 amide bonds. The first-order valence-electron chi connectivity index (χ1n) is 5.09. The number of hydrogen-bond acceptors (Lipinski definition) is 2. The second-order valence-corrected chi connectivity index (χ2v) is 4.20. The minimum Gasteiger partial charge on any atom is -0.310 e. The van der Waals surface area contributed by atoms with Gasteiger partial charge in [-0.05, 0) is 24.6 Å². The molecule has 1 aromatic rings. The first-order chi connectivity index (χ1) is 8.10. The van der Waals surface area contributed by atoms with E-state index in [1.807, 2.05) is 19.1 Å². The van der Waals surface area contributed by atoms with Gasteiger partial charge in [0.25, 0.3) is 0 Å². The van der Waals surface area contributed by atoms with Crippen molar-refractivity contribution < 1.29 is 4.79 Å². The molecule has 0 bridgehead atoms. The predicted octanol–water partition coefficient (Wildman–Crippen LogP) is 3.13. The highest BCUT2D eigenvalue weighted by atomic mass is 35.5. The van der Waals surface area contributed by atoms with E-state index in [0.717, 1.165) is 5.56 Å². The normalized spacial score (nSPS) is 9.76. The summed E-state index contributed by atoms with van der Waals surface area (Å²) in [6.07, 6.45) is 0.258. The third-order valence-corrected chi connectivity index (χ3v) is 2.97. The van der Waals surface area contributed by atoms with Crippen LogP contribution in [0.1, 0.15) is 12.0 Å². The van der Waals surface area contributed by atoms with Gasteiger partial charge < -0.3 is 4.90 Å². The number of carbonyl (C=O) groups excluding carboxylic acids is 1. The van der Waals surface area contributed by atoms with Crippen LogP contribution in [0, 0.1) is 18.3 Å². The second kappa shape index (κ2) is 6.48. The fourth-order valence-electron chi connectivity index (χ4n) is 1.38. The topological polar surface area (TPSA) is 44.1 Å². The van der Waals surface area contributed by atoms with E-state index < -0.39 is 0 Å². The molecule has 90 valence electrons. The lowest BCUT2D eigenvalue weighted by atomic mass is 10.2. The number of benzene rings is 1. The van der Waals surface area contributed by atoms with Crippen LogP contribution in [-0.4, -0.2) is 18.3 Å². The third kappa shape index (κ3) is 3.62. The average Bonchev–Trinajstić information content (AvgIpc) is 2.33. The standard InChI is InChI=1S/C12H12Cl2N2O/c1-9-3-4-10(7-11(9)14)16(6-2-5-15)12(17)8-13/h3-4,7H,2,6,8H2,1H3. The van der Waals surface area contributed by atoms with Crippen LogP contribution in [0.4, 0.5) is 5.69 Å². The van der Waals surface area contributed by atoms with Crippen LogP contribution in [0.25, 0.3) is 0 Å². The van der Waals surface area contributed by atoms with E-state index in [1.54, 1.807) is 12.1 Å². The van der Waals surface area contributed by atoms with Crippen molar-refractivity contribution >= 4 is 34.8 Å². The molecule has 0 atom stereocenters. The Morgan fingerprint density at radius 3 is 2.76 bits per heavy atom. The molecule has 0 saturated heterocycles. The third-order valence-electron chi connectivity index (χ3n) is 2.33. The summed E-state index contributed by atoms with van der Waals surface area (Å²) in [5.74, 6) is -0.349. The number of amides is 1. The minimum absolute atomic E-state index is 0.114. The summed E-state index contributed by atoms with van der Waals surface area (Å²) < 4.78 is 0. The maximum Gasteiger partial charge on any atom is 0.241 e. The van der Waals surface area contributed by atoms with E-state index in [9.17, 15) is 4.79 Å². The van der Waals surface area contributed by atoms with Gasteiger partial charge in [-0.2, -0.15) is 5.26 Å². The summed E-state index contributed by atoms with van der Waals surface area (Å²) >= 11 is 11.5. The molecular formula is C12H12Cl2N2O. The Hall–Kier alpha value is -1.24. The largest absolute Gasteiger partial charge is 0.310 e. The Bertz CT molecular complexity index is 454. The van der Waals surface area contributed by atoms with Gasteiger partial charge in [0.2, 0.25) is 5.91 Å². The van der Waals surface area contributed by atoms with Crippen LogP contribution in [0.15, 0.2) is 18.2 Å². The maximum atomic E-state index is 11.7. The Kier molecular flexibility index (Phi) is 5.27. The lowest BCUT2D eigenvalue weighted by Crippen LogP contribution is -2.32. The molecule has 0 aliphatic carbocycles. The van der Waals surface area contributed by atoms with Gasteiger partial charge in [0, 0.05) is 17.3 Å². The van der Waals surface area contributed by atoms with Gasteiger partial charge in [-0.3, -0.25) is 4.79 Å². The molecule has 1 rings (SSSR count). The highest BCUT2D eigenvalue weighted by molar-refractivity contribution is 6.32. The van der Waals surface area contributed by atoms with Crippen molar-refractivity contribution in [3.8, 4) is 6.07 Å². The molecule has 0 aliphatic rings. The molecule has 0 fully saturated rings. The Balaban J connectivity index is 3.00. The number of nitrogens with zero attached hydrogens (tertiary/aromatic N) is 2. The summed E-state index contributed by atoms with van der Waals surface area (Å²) in [7, 11) is 0. The van der Waals surface area contributed by atoms with E-state index in [2.05, 4.69) is 0 Å². The Morgan fingerprint density at radius 1 is 1.53 bits per heavy atom. The molecule has 0 unspecified atom stereocenters. The van der Waals surface area contributed by atoms with Crippen molar-refractivity contribution in [2.45, 2.75) is 13.3 Å². The van der Waals surface area contributed by atoms with Gasteiger partial charge >= 0.3 is 0 Å². The molecule has 1 aromatic carbocycles. The first kappa shape index (κ1) is 13.8.